The molecule has 0 saturated carbocycles. The molecular weight excluding hydrogens is 397 g/mol. The van der Waals surface area contributed by atoms with E-state index in [1.54, 1.807) is 6.20 Å². The molecule has 0 aliphatic heterocycles. The van der Waals surface area contributed by atoms with Crippen molar-refractivity contribution in [2.75, 3.05) is 0 Å². The van der Waals surface area contributed by atoms with Gasteiger partial charge in [0, 0.05) is 22.6 Å². The largest absolute Gasteiger partial charge is 0.305 e. The number of benzene rings is 2. The first-order valence-electron chi connectivity index (χ1n) is 8.39. The molecule has 0 spiro atoms. The third kappa shape index (κ3) is 2.74. The Labute approximate surface area is 168 Å². The molecule has 0 bridgehead atoms. The Morgan fingerprint density at radius 2 is 1.64 bits per heavy atom. The summed E-state index contributed by atoms with van der Waals surface area (Å²) in [7, 11) is 0. The molecule has 0 saturated heterocycles. The van der Waals surface area contributed by atoms with E-state index in [2.05, 4.69) is 20.2 Å². The number of hydrogen-bond donors (Lipinski definition) is 2. The summed E-state index contributed by atoms with van der Waals surface area (Å²) < 4.78 is 0. The molecule has 3 heterocycles. The molecule has 136 valence electrons. The fourth-order valence-corrected chi connectivity index (χ4v) is 3.67. The molecule has 5 aromatic rings. The molecular formula is C20H11Cl2N5O. The summed E-state index contributed by atoms with van der Waals surface area (Å²) in [5, 5.41) is 8.55. The Hall–Kier alpha value is -3.22. The molecule has 0 amide bonds. The van der Waals surface area contributed by atoms with Crippen molar-refractivity contribution in [3.63, 3.8) is 0 Å². The number of fused-ring (bicyclic) bond motifs is 2. The zero-order valence-corrected chi connectivity index (χ0v) is 15.7. The summed E-state index contributed by atoms with van der Waals surface area (Å²) in [6.07, 6.45) is 1.70. The molecule has 0 aliphatic carbocycles. The zero-order valence-electron chi connectivity index (χ0n) is 14.2. The minimum atomic E-state index is -0.332. The molecule has 0 unspecified atom stereocenters. The summed E-state index contributed by atoms with van der Waals surface area (Å²) in [5.74, 6) is 0. The predicted molar refractivity (Wildman–Crippen MR) is 111 cm³/mol. The van der Waals surface area contributed by atoms with Gasteiger partial charge in [-0.15, -0.1) is 0 Å². The smallest absolute Gasteiger partial charge is 0.251 e. The van der Waals surface area contributed by atoms with E-state index >= 15 is 0 Å². The predicted octanol–water partition coefficient (Wildman–Crippen LogP) is 4.84. The van der Waals surface area contributed by atoms with E-state index in [0.29, 0.717) is 27.6 Å². The fraction of sp³-hybridized carbons (Fsp3) is 0. The highest BCUT2D eigenvalue weighted by atomic mass is 35.5. The number of aromatic amines is 2. The van der Waals surface area contributed by atoms with E-state index in [0.717, 1.165) is 22.0 Å². The van der Waals surface area contributed by atoms with Gasteiger partial charge in [-0.25, -0.2) is 9.97 Å². The van der Waals surface area contributed by atoms with Crippen molar-refractivity contribution in [2.24, 2.45) is 0 Å². The standard InChI is InChI=1S/C20H11Cl2N5O/c21-13-7-11(6-12-9-23-27-16(12)13)18-17(10-4-2-1-3-5-10)26-20-19(25-18)14(22)8-15(28)24-20/h1-9H,(H,23,27)(H,24,26,28). The van der Waals surface area contributed by atoms with E-state index in [9.17, 15) is 4.79 Å². The van der Waals surface area contributed by atoms with Crippen LogP contribution in [-0.4, -0.2) is 25.1 Å². The summed E-state index contributed by atoms with van der Waals surface area (Å²) >= 11 is 12.7. The second-order valence-electron chi connectivity index (χ2n) is 6.26. The van der Waals surface area contributed by atoms with Crippen LogP contribution >= 0.6 is 23.2 Å². The van der Waals surface area contributed by atoms with E-state index in [1.807, 2.05) is 42.5 Å². The second kappa shape index (κ2) is 6.44. The van der Waals surface area contributed by atoms with Crippen molar-refractivity contribution < 1.29 is 0 Å². The number of nitrogens with zero attached hydrogens (tertiary/aromatic N) is 3. The normalized spacial score (nSPS) is 11.4. The van der Waals surface area contributed by atoms with Crippen LogP contribution in [-0.2, 0) is 0 Å². The minimum Gasteiger partial charge on any atom is -0.305 e. The maximum absolute atomic E-state index is 11.8. The highest BCUT2D eigenvalue weighted by Gasteiger charge is 2.17. The lowest BCUT2D eigenvalue weighted by molar-refractivity contribution is 1.12. The SMILES string of the molecule is O=c1cc(Cl)c2nc(-c3cc(Cl)c4[nH]ncc4c3)c(-c3ccccc3)nc2[nH]1. The van der Waals surface area contributed by atoms with Gasteiger partial charge in [0.05, 0.1) is 33.1 Å². The fourth-order valence-electron chi connectivity index (χ4n) is 3.17. The van der Waals surface area contributed by atoms with Crippen LogP contribution in [0.15, 0.2) is 59.5 Å². The van der Waals surface area contributed by atoms with Crippen LogP contribution in [0.4, 0.5) is 0 Å². The van der Waals surface area contributed by atoms with Gasteiger partial charge < -0.3 is 4.98 Å². The summed E-state index contributed by atoms with van der Waals surface area (Å²) in [5.41, 5.74) is 4.02. The van der Waals surface area contributed by atoms with Crippen molar-refractivity contribution in [2.45, 2.75) is 0 Å². The van der Waals surface area contributed by atoms with Crippen molar-refractivity contribution >= 4 is 45.3 Å². The highest BCUT2D eigenvalue weighted by molar-refractivity contribution is 6.35. The highest BCUT2D eigenvalue weighted by Crippen LogP contribution is 2.35. The number of hydrogen-bond acceptors (Lipinski definition) is 4. The van der Waals surface area contributed by atoms with Gasteiger partial charge in [0.2, 0.25) is 0 Å². The number of aromatic nitrogens is 5. The Bertz CT molecular complexity index is 1410. The van der Waals surface area contributed by atoms with Crippen LogP contribution in [0.25, 0.3) is 44.6 Å². The quantitative estimate of drug-likeness (QED) is 0.438. The first kappa shape index (κ1) is 16.9. The number of H-pyrrole nitrogens is 2. The molecule has 5 rings (SSSR count). The average Bonchev–Trinajstić information content (AvgIpc) is 3.17. The number of nitrogens with one attached hydrogen (secondary N) is 2. The van der Waals surface area contributed by atoms with Gasteiger partial charge in [0.15, 0.2) is 5.65 Å². The van der Waals surface area contributed by atoms with Crippen LogP contribution in [0.5, 0.6) is 0 Å². The van der Waals surface area contributed by atoms with E-state index < -0.39 is 0 Å². The van der Waals surface area contributed by atoms with E-state index in [1.165, 1.54) is 6.07 Å². The lowest BCUT2D eigenvalue weighted by atomic mass is 10.0. The van der Waals surface area contributed by atoms with Gasteiger partial charge in [-0.2, -0.15) is 5.10 Å². The Balaban J connectivity index is 1.88. The van der Waals surface area contributed by atoms with Crippen LogP contribution in [0, 0.1) is 0 Å². The monoisotopic (exact) mass is 407 g/mol. The first-order valence-corrected chi connectivity index (χ1v) is 9.15. The molecule has 8 heteroatoms. The molecule has 0 radical (unpaired) electrons. The Kier molecular flexibility index (Phi) is 3.89. The Morgan fingerprint density at radius 3 is 2.46 bits per heavy atom. The van der Waals surface area contributed by atoms with Gasteiger partial charge >= 0.3 is 0 Å². The third-order valence-electron chi connectivity index (χ3n) is 4.44. The van der Waals surface area contributed by atoms with Crippen LogP contribution in [0.1, 0.15) is 0 Å². The first-order chi connectivity index (χ1) is 13.6. The molecule has 2 aromatic carbocycles. The van der Waals surface area contributed by atoms with Crippen LogP contribution in [0.3, 0.4) is 0 Å². The molecule has 0 atom stereocenters. The maximum atomic E-state index is 11.8. The zero-order chi connectivity index (χ0) is 19.3. The number of halogens is 2. The third-order valence-corrected chi connectivity index (χ3v) is 5.03. The minimum absolute atomic E-state index is 0.239. The van der Waals surface area contributed by atoms with Gasteiger partial charge in [0.25, 0.3) is 5.56 Å². The second-order valence-corrected chi connectivity index (χ2v) is 7.07. The maximum Gasteiger partial charge on any atom is 0.251 e. The van der Waals surface area contributed by atoms with Crippen molar-refractivity contribution in [3.8, 4) is 22.5 Å². The molecule has 0 aliphatic rings. The van der Waals surface area contributed by atoms with Crippen molar-refractivity contribution in [3.05, 3.63) is 75.1 Å². The van der Waals surface area contributed by atoms with Gasteiger partial charge in [0.1, 0.15) is 5.52 Å². The van der Waals surface area contributed by atoms with Crippen LogP contribution < -0.4 is 5.56 Å². The molecule has 28 heavy (non-hydrogen) atoms. The van der Waals surface area contributed by atoms with Gasteiger partial charge in [-0.1, -0.05) is 53.5 Å². The van der Waals surface area contributed by atoms with Crippen molar-refractivity contribution in [1.29, 1.82) is 0 Å². The summed E-state index contributed by atoms with van der Waals surface area (Å²) in [6.45, 7) is 0. The molecule has 0 fully saturated rings. The number of pyridine rings is 1. The van der Waals surface area contributed by atoms with Gasteiger partial charge in [-0.05, 0) is 12.1 Å². The summed E-state index contributed by atoms with van der Waals surface area (Å²) in [4.78, 5) is 23.9. The molecule has 6 nitrogen and oxygen atoms in total. The average molecular weight is 408 g/mol. The van der Waals surface area contributed by atoms with Crippen molar-refractivity contribution in [1.82, 2.24) is 25.1 Å². The lowest BCUT2D eigenvalue weighted by Gasteiger charge is -2.11. The van der Waals surface area contributed by atoms with E-state index in [4.69, 9.17) is 28.2 Å². The summed E-state index contributed by atoms with van der Waals surface area (Å²) in [6, 6.07) is 14.6. The van der Waals surface area contributed by atoms with Gasteiger partial charge in [-0.3, -0.25) is 9.89 Å². The van der Waals surface area contributed by atoms with E-state index in [-0.39, 0.29) is 10.6 Å². The molecule has 3 aromatic heterocycles. The van der Waals surface area contributed by atoms with Crippen LogP contribution in [0.2, 0.25) is 10.0 Å². The topological polar surface area (TPSA) is 87.3 Å². The number of rotatable bonds is 2. The molecule has 2 N–H and O–H groups in total. The Morgan fingerprint density at radius 1 is 0.857 bits per heavy atom. The lowest BCUT2D eigenvalue weighted by Crippen LogP contribution is -2.07.